The number of rotatable bonds is 3. The zero-order chi connectivity index (χ0) is 15.5. The molecule has 0 bridgehead atoms. The summed E-state index contributed by atoms with van der Waals surface area (Å²) in [7, 11) is 0. The minimum Gasteiger partial charge on any atom is -0.331 e. The van der Waals surface area contributed by atoms with Gasteiger partial charge in [-0.1, -0.05) is 25.1 Å². The molecule has 6 heteroatoms. The van der Waals surface area contributed by atoms with Crippen molar-refractivity contribution in [1.29, 1.82) is 0 Å². The van der Waals surface area contributed by atoms with Crippen molar-refractivity contribution < 1.29 is 4.79 Å². The fraction of sp³-hybridized carbons (Fsp3) is 0.438. The summed E-state index contributed by atoms with van der Waals surface area (Å²) in [6, 6.07) is 9.97. The SMILES string of the molecule is CCc1nc(C(=O)N2CCNC[C@@H]2C)nn1-c1ccccc1. The predicted octanol–water partition coefficient (Wildman–Crippen LogP) is 1.26. The number of para-hydroxylation sites is 1. The smallest absolute Gasteiger partial charge is 0.293 e. The molecule has 22 heavy (non-hydrogen) atoms. The topological polar surface area (TPSA) is 63.1 Å². The third-order valence-corrected chi connectivity index (χ3v) is 3.94. The van der Waals surface area contributed by atoms with Gasteiger partial charge >= 0.3 is 0 Å². The van der Waals surface area contributed by atoms with Crippen molar-refractivity contribution in [2.24, 2.45) is 0 Å². The lowest BCUT2D eigenvalue weighted by atomic mass is 10.2. The Labute approximate surface area is 130 Å². The summed E-state index contributed by atoms with van der Waals surface area (Å²) in [6.07, 6.45) is 0.728. The number of amides is 1. The van der Waals surface area contributed by atoms with Gasteiger partial charge in [-0.3, -0.25) is 4.79 Å². The number of hydrogen-bond acceptors (Lipinski definition) is 4. The summed E-state index contributed by atoms with van der Waals surface area (Å²) in [5.74, 6) is 1.00. The minimum absolute atomic E-state index is 0.0848. The number of nitrogens with one attached hydrogen (secondary N) is 1. The number of aromatic nitrogens is 3. The Balaban J connectivity index is 1.92. The molecule has 1 atom stereocenters. The Bertz CT molecular complexity index is 652. The molecule has 1 saturated heterocycles. The normalized spacial score (nSPS) is 18.5. The molecule has 0 saturated carbocycles. The summed E-state index contributed by atoms with van der Waals surface area (Å²) >= 11 is 0. The van der Waals surface area contributed by atoms with Gasteiger partial charge in [-0.25, -0.2) is 9.67 Å². The van der Waals surface area contributed by atoms with Crippen molar-refractivity contribution in [2.75, 3.05) is 19.6 Å². The average Bonchev–Trinajstić information content (AvgIpc) is 3.00. The van der Waals surface area contributed by atoms with E-state index in [0.717, 1.165) is 31.0 Å². The Hall–Kier alpha value is -2.21. The molecule has 1 amide bonds. The number of carbonyl (C=O) groups is 1. The molecule has 0 aliphatic carbocycles. The second kappa shape index (κ2) is 6.27. The highest BCUT2D eigenvalue weighted by molar-refractivity contribution is 5.90. The molecular weight excluding hydrogens is 278 g/mol. The molecular formula is C16H21N5O. The van der Waals surface area contributed by atoms with Gasteiger partial charge in [0.2, 0.25) is 5.82 Å². The first-order chi connectivity index (χ1) is 10.7. The number of piperazine rings is 1. The van der Waals surface area contributed by atoms with Crippen LogP contribution in [0.25, 0.3) is 5.69 Å². The van der Waals surface area contributed by atoms with E-state index < -0.39 is 0 Å². The summed E-state index contributed by atoms with van der Waals surface area (Å²) in [5, 5.41) is 7.74. The molecule has 0 spiro atoms. The van der Waals surface area contributed by atoms with E-state index in [2.05, 4.69) is 15.4 Å². The second-order valence-corrected chi connectivity index (χ2v) is 5.50. The maximum Gasteiger partial charge on any atom is 0.293 e. The molecule has 1 aromatic carbocycles. The van der Waals surface area contributed by atoms with Crippen LogP contribution < -0.4 is 5.32 Å². The zero-order valence-corrected chi connectivity index (χ0v) is 13.0. The van der Waals surface area contributed by atoms with E-state index in [-0.39, 0.29) is 17.8 Å². The molecule has 6 nitrogen and oxygen atoms in total. The lowest BCUT2D eigenvalue weighted by molar-refractivity contribution is 0.0643. The van der Waals surface area contributed by atoms with Crippen LogP contribution in [0.15, 0.2) is 30.3 Å². The van der Waals surface area contributed by atoms with Crippen molar-refractivity contribution in [2.45, 2.75) is 26.3 Å². The largest absolute Gasteiger partial charge is 0.331 e. The molecule has 0 radical (unpaired) electrons. The van der Waals surface area contributed by atoms with E-state index >= 15 is 0 Å². The summed E-state index contributed by atoms with van der Waals surface area (Å²) < 4.78 is 1.76. The maximum atomic E-state index is 12.7. The van der Waals surface area contributed by atoms with Crippen LogP contribution >= 0.6 is 0 Å². The van der Waals surface area contributed by atoms with Crippen LogP contribution in [0.1, 0.15) is 30.3 Å². The second-order valence-electron chi connectivity index (χ2n) is 5.50. The van der Waals surface area contributed by atoms with Crippen LogP contribution in [0.4, 0.5) is 0 Å². The van der Waals surface area contributed by atoms with Crippen molar-refractivity contribution >= 4 is 5.91 Å². The highest BCUT2D eigenvalue weighted by Crippen LogP contribution is 2.13. The molecule has 2 heterocycles. The van der Waals surface area contributed by atoms with Crippen LogP contribution in [0.2, 0.25) is 0 Å². The number of carbonyl (C=O) groups excluding carboxylic acids is 1. The predicted molar refractivity (Wildman–Crippen MR) is 84.1 cm³/mol. The number of benzene rings is 1. The van der Waals surface area contributed by atoms with Crippen LogP contribution in [0, 0.1) is 0 Å². The Kier molecular flexibility index (Phi) is 4.20. The Morgan fingerprint density at radius 3 is 2.82 bits per heavy atom. The van der Waals surface area contributed by atoms with Crippen LogP contribution in [-0.4, -0.2) is 51.2 Å². The zero-order valence-electron chi connectivity index (χ0n) is 13.0. The fourth-order valence-corrected chi connectivity index (χ4v) is 2.71. The van der Waals surface area contributed by atoms with E-state index in [4.69, 9.17) is 0 Å². The van der Waals surface area contributed by atoms with Crippen LogP contribution in [0.3, 0.4) is 0 Å². The fourth-order valence-electron chi connectivity index (χ4n) is 2.71. The van der Waals surface area contributed by atoms with Crippen LogP contribution in [0.5, 0.6) is 0 Å². The first kappa shape index (κ1) is 14.7. The van der Waals surface area contributed by atoms with Gasteiger partial charge in [0.25, 0.3) is 5.91 Å². The van der Waals surface area contributed by atoms with Crippen molar-refractivity contribution in [3.8, 4) is 5.69 Å². The Morgan fingerprint density at radius 1 is 1.36 bits per heavy atom. The van der Waals surface area contributed by atoms with Crippen molar-refractivity contribution in [1.82, 2.24) is 25.0 Å². The van der Waals surface area contributed by atoms with Gasteiger partial charge in [-0.05, 0) is 19.1 Å². The van der Waals surface area contributed by atoms with Gasteiger partial charge < -0.3 is 10.2 Å². The summed E-state index contributed by atoms with van der Waals surface area (Å²) in [5.41, 5.74) is 0.930. The van der Waals surface area contributed by atoms with E-state index in [1.165, 1.54) is 0 Å². The molecule has 3 rings (SSSR count). The van der Waals surface area contributed by atoms with Gasteiger partial charge in [-0.15, -0.1) is 5.10 Å². The third-order valence-electron chi connectivity index (χ3n) is 3.94. The average molecular weight is 299 g/mol. The van der Waals surface area contributed by atoms with E-state index in [1.54, 1.807) is 4.68 Å². The molecule has 0 unspecified atom stereocenters. The maximum absolute atomic E-state index is 12.7. The van der Waals surface area contributed by atoms with Gasteiger partial charge in [0.05, 0.1) is 5.69 Å². The minimum atomic E-state index is -0.0848. The standard InChI is InChI=1S/C16H21N5O/c1-3-14-18-15(16(22)20-10-9-17-11-12(20)2)19-21(14)13-7-5-4-6-8-13/h4-8,12,17H,3,9-11H2,1-2H3/t12-/m0/s1. The van der Waals surface area contributed by atoms with Gasteiger partial charge in [0, 0.05) is 32.1 Å². The van der Waals surface area contributed by atoms with E-state index in [1.807, 2.05) is 49.1 Å². The third kappa shape index (κ3) is 2.74. The highest BCUT2D eigenvalue weighted by atomic mass is 16.2. The summed E-state index contributed by atoms with van der Waals surface area (Å²) in [6.45, 7) is 6.38. The van der Waals surface area contributed by atoms with E-state index in [0.29, 0.717) is 6.54 Å². The number of hydrogen-bond donors (Lipinski definition) is 1. The first-order valence-electron chi connectivity index (χ1n) is 7.73. The first-order valence-corrected chi connectivity index (χ1v) is 7.73. The van der Waals surface area contributed by atoms with Gasteiger partial charge in [-0.2, -0.15) is 0 Å². The molecule has 1 fully saturated rings. The molecule has 1 aliphatic heterocycles. The van der Waals surface area contributed by atoms with Crippen molar-refractivity contribution in [3.63, 3.8) is 0 Å². The monoisotopic (exact) mass is 299 g/mol. The van der Waals surface area contributed by atoms with E-state index in [9.17, 15) is 4.79 Å². The Morgan fingerprint density at radius 2 is 2.14 bits per heavy atom. The lowest BCUT2D eigenvalue weighted by Crippen LogP contribution is -2.52. The molecule has 2 aromatic rings. The highest BCUT2D eigenvalue weighted by Gasteiger charge is 2.27. The lowest BCUT2D eigenvalue weighted by Gasteiger charge is -2.33. The number of aryl methyl sites for hydroxylation is 1. The van der Waals surface area contributed by atoms with Crippen LogP contribution in [-0.2, 0) is 6.42 Å². The molecule has 1 aromatic heterocycles. The summed E-state index contributed by atoms with van der Waals surface area (Å²) in [4.78, 5) is 19.0. The van der Waals surface area contributed by atoms with Crippen molar-refractivity contribution in [3.05, 3.63) is 42.0 Å². The van der Waals surface area contributed by atoms with Gasteiger partial charge in [0.1, 0.15) is 5.82 Å². The van der Waals surface area contributed by atoms with Gasteiger partial charge in [0.15, 0.2) is 0 Å². The quantitative estimate of drug-likeness (QED) is 0.927. The number of nitrogens with zero attached hydrogens (tertiary/aromatic N) is 4. The molecule has 1 aliphatic rings. The molecule has 116 valence electrons. The molecule has 1 N–H and O–H groups in total.